The van der Waals surface area contributed by atoms with Gasteiger partial charge >= 0.3 is 0 Å². The number of aromatic nitrogens is 2. The van der Waals surface area contributed by atoms with Gasteiger partial charge in [-0.3, -0.25) is 9.78 Å². The van der Waals surface area contributed by atoms with Gasteiger partial charge in [-0.15, -0.1) is 11.8 Å². The number of hydrogen-bond acceptors (Lipinski definition) is 3. The van der Waals surface area contributed by atoms with Crippen LogP contribution in [0.1, 0.15) is 15.9 Å². The van der Waals surface area contributed by atoms with Crippen LogP contribution in [0.15, 0.2) is 90.1 Å². The van der Waals surface area contributed by atoms with Crippen LogP contribution in [0, 0.1) is 0 Å². The predicted molar refractivity (Wildman–Crippen MR) is 129 cm³/mol. The van der Waals surface area contributed by atoms with E-state index in [2.05, 4.69) is 33.5 Å². The summed E-state index contributed by atoms with van der Waals surface area (Å²) >= 11 is 7.76. The fourth-order valence-electron chi connectivity index (χ4n) is 3.65. The summed E-state index contributed by atoms with van der Waals surface area (Å²) in [5.74, 6) is 0.610. The van der Waals surface area contributed by atoms with Gasteiger partial charge in [0.1, 0.15) is 0 Å². The number of para-hydroxylation sites is 1. The van der Waals surface area contributed by atoms with Gasteiger partial charge < -0.3 is 10.3 Å². The van der Waals surface area contributed by atoms with Crippen molar-refractivity contribution in [3.63, 3.8) is 0 Å². The first kappa shape index (κ1) is 19.7. The Morgan fingerprint density at radius 3 is 2.81 bits per heavy atom. The molecule has 4 nitrogen and oxygen atoms in total. The van der Waals surface area contributed by atoms with Crippen LogP contribution in [0.2, 0.25) is 5.02 Å². The number of thioether (sulfide) groups is 1. The number of hydrogen-bond donors (Lipinski definition) is 2. The molecule has 5 rings (SSSR count). The monoisotopic (exact) mass is 443 g/mol. The maximum absolute atomic E-state index is 13.0. The zero-order valence-electron chi connectivity index (χ0n) is 16.4. The van der Waals surface area contributed by atoms with Crippen LogP contribution in [-0.4, -0.2) is 15.9 Å². The van der Waals surface area contributed by atoms with Crippen molar-refractivity contribution in [2.24, 2.45) is 0 Å². The standard InChI is InChI=1S/C25H18ClN3OS/c26-17-5-3-6-18(13-17)29-25(30)20-14-28-22-9-4-10-23(24(20)22)31-15-16-11-12-27-21-8-2-1-7-19(16)21/h1-14,28H,15H2,(H,29,30). The Kier molecular flexibility index (Phi) is 5.37. The molecule has 0 fully saturated rings. The molecule has 31 heavy (non-hydrogen) atoms. The number of H-pyrrole nitrogens is 1. The van der Waals surface area contributed by atoms with Crippen molar-refractivity contribution < 1.29 is 4.79 Å². The van der Waals surface area contributed by atoms with Crippen molar-refractivity contribution in [2.75, 3.05) is 5.32 Å². The first-order valence-electron chi connectivity index (χ1n) is 9.81. The number of benzene rings is 3. The molecule has 0 radical (unpaired) electrons. The molecule has 3 aromatic carbocycles. The summed E-state index contributed by atoms with van der Waals surface area (Å²) < 4.78 is 0. The second kappa shape index (κ2) is 8.46. The summed E-state index contributed by atoms with van der Waals surface area (Å²) in [5.41, 5.74) is 4.41. The second-order valence-electron chi connectivity index (χ2n) is 7.12. The van der Waals surface area contributed by atoms with Crippen LogP contribution >= 0.6 is 23.4 Å². The summed E-state index contributed by atoms with van der Waals surface area (Å²) in [6, 6.07) is 23.4. The number of pyridine rings is 1. The third-order valence-electron chi connectivity index (χ3n) is 5.12. The third-order valence-corrected chi connectivity index (χ3v) is 6.46. The van der Waals surface area contributed by atoms with Gasteiger partial charge in [-0.05, 0) is 48.0 Å². The lowest BCUT2D eigenvalue weighted by molar-refractivity contribution is 0.102. The van der Waals surface area contributed by atoms with Crippen molar-refractivity contribution in [2.45, 2.75) is 10.6 Å². The molecular weight excluding hydrogens is 426 g/mol. The Morgan fingerprint density at radius 1 is 1.03 bits per heavy atom. The van der Waals surface area contributed by atoms with Crippen molar-refractivity contribution in [1.82, 2.24) is 9.97 Å². The highest BCUT2D eigenvalue weighted by Gasteiger charge is 2.16. The minimum Gasteiger partial charge on any atom is -0.360 e. The molecule has 0 unspecified atom stereocenters. The summed E-state index contributed by atoms with van der Waals surface area (Å²) in [6.45, 7) is 0. The zero-order valence-corrected chi connectivity index (χ0v) is 18.0. The highest BCUT2D eigenvalue weighted by atomic mass is 35.5. The van der Waals surface area contributed by atoms with E-state index in [0.717, 1.165) is 32.5 Å². The van der Waals surface area contributed by atoms with E-state index in [0.29, 0.717) is 16.3 Å². The highest BCUT2D eigenvalue weighted by Crippen LogP contribution is 2.34. The maximum Gasteiger partial charge on any atom is 0.257 e. The van der Waals surface area contributed by atoms with E-state index in [-0.39, 0.29) is 5.91 Å². The summed E-state index contributed by atoms with van der Waals surface area (Å²) in [6.07, 6.45) is 3.61. The molecule has 2 aromatic heterocycles. The largest absolute Gasteiger partial charge is 0.360 e. The minimum atomic E-state index is -0.170. The van der Waals surface area contributed by atoms with Crippen molar-refractivity contribution >= 4 is 56.8 Å². The lowest BCUT2D eigenvalue weighted by Gasteiger charge is -2.09. The molecule has 0 aliphatic carbocycles. The first-order valence-corrected chi connectivity index (χ1v) is 11.2. The van der Waals surface area contributed by atoms with Gasteiger partial charge in [0.05, 0.1) is 11.1 Å². The van der Waals surface area contributed by atoms with Crippen molar-refractivity contribution in [3.8, 4) is 0 Å². The third kappa shape index (κ3) is 4.02. The molecule has 0 aliphatic heterocycles. The van der Waals surface area contributed by atoms with Crippen LogP contribution < -0.4 is 5.32 Å². The van der Waals surface area contributed by atoms with Gasteiger partial charge in [-0.2, -0.15) is 0 Å². The van der Waals surface area contributed by atoms with Crippen LogP contribution in [0.4, 0.5) is 5.69 Å². The molecule has 2 N–H and O–H groups in total. The van der Waals surface area contributed by atoms with E-state index in [1.165, 1.54) is 5.56 Å². The number of halogens is 1. The average molecular weight is 444 g/mol. The molecule has 1 amide bonds. The van der Waals surface area contributed by atoms with Gasteiger partial charge in [0, 0.05) is 50.0 Å². The number of nitrogens with one attached hydrogen (secondary N) is 2. The number of amides is 1. The zero-order chi connectivity index (χ0) is 21.2. The van der Waals surface area contributed by atoms with E-state index >= 15 is 0 Å². The van der Waals surface area contributed by atoms with Gasteiger partial charge in [-0.25, -0.2) is 0 Å². The second-order valence-corrected chi connectivity index (χ2v) is 8.58. The van der Waals surface area contributed by atoms with E-state index in [9.17, 15) is 4.79 Å². The topological polar surface area (TPSA) is 57.8 Å². The Balaban J connectivity index is 1.45. The number of carbonyl (C=O) groups excluding carboxylic acids is 1. The van der Waals surface area contributed by atoms with Gasteiger partial charge in [0.2, 0.25) is 0 Å². The Hall–Kier alpha value is -3.28. The van der Waals surface area contributed by atoms with Crippen LogP contribution in [0.3, 0.4) is 0 Å². The number of aromatic amines is 1. The van der Waals surface area contributed by atoms with Crippen molar-refractivity contribution in [1.29, 1.82) is 0 Å². The Morgan fingerprint density at radius 2 is 1.90 bits per heavy atom. The maximum atomic E-state index is 13.0. The normalized spacial score (nSPS) is 11.1. The smallest absolute Gasteiger partial charge is 0.257 e. The first-order chi connectivity index (χ1) is 15.2. The van der Waals surface area contributed by atoms with Crippen LogP contribution in [0.5, 0.6) is 0 Å². The molecule has 0 atom stereocenters. The molecule has 0 saturated heterocycles. The Labute approximate surface area is 188 Å². The lowest BCUT2D eigenvalue weighted by atomic mass is 10.1. The fraction of sp³-hybridized carbons (Fsp3) is 0.0400. The molecule has 152 valence electrons. The summed E-state index contributed by atoms with van der Waals surface area (Å²) in [4.78, 5) is 21.7. The molecule has 0 aliphatic rings. The SMILES string of the molecule is O=C(Nc1cccc(Cl)c1)c1c[nH]c2cccc(SCc3ccnc4ccccc34)c12. The number of anilines is 1. The van der Waals surface area contributed by atoms with E-state index < -0.39 is 0 Å². The minimum absolute atomic E-state index is 0.170. The summed E-state index contributed by atoms with van der Waals surface area (Å²) in [5, 5.41) is 5.59. The van der Waals surface area contributed by atoms with E-state index in [1.54, 1.807) is 30.1 Å². The lowest BCUT2D eigenvalue weighted by Crippen LogP contribution is -2.11. The van der Waals surface area contributed by atoms with Gasteiger partial charge in [0.15, 0.2) is 0 Å². The predicted octanol–water partition coefficient (Wildman–Crippen LogP) is 6.91. The number of carbonyl (C=O) groups is 1. The quantitative estimate of drug-likeness (QED) is 0.290. The van der Waals surface area contributed by atoms with Gasteiger partial charge in [-0.1, -0.05) is 41.9 Å². The molecule has 2 heterocycles. The highest BCUT2D eigenvalue weighted by molar-refractivity contribution is 7.98. The van der Waals surface area contributed by atoms with Crippen LogP contribution in [0.25, 0.3) is 21.8 Å². The molecule has 6 heteroatoms. The van der Waals surface area contributed by atoms with Crippen molar-refractivity contribution in [3.05, 3.63) is 101 Å². The molecule has 0 saturated carbocycles. The molecule has 0 spiro atoms. The van der Waals surface area contributed by atoms with E-state index in [1.807, 2.05) is 48.7 Å². The fourth-order valence-corrected chi connectivity index (χ4v) is 4.94. The van der Waals surface area contributed by atoms with E-state index in [4.69, 9.17) is 11.6 Å². The number of nitrogens with zero attached hydrogens (tertiary/aromatic N) is 1. The average Bonchev–Trinajstić information content (AvgIpc) is 3.23. The molecule has 5 aromatic rings. The van der Waals surface area contributed by atoms with Crippen LogP contribution in [-0.2, 0) is 5.75 Å². The molecular formula is C25H18ClN3OS. The van der Waals surface area contributed by atoms with Gasteiger partial charge in [0.25, 0.3) is 5.91 Å². The number of fused-ring (bicyclic) bond motifs is 2. The Bertz CT molecular complexity index is 1410. The number of rotatable bonds is 5. The summed E-state index contributed by atoms with van der Waals surface area (Å²) in [7, 11) is 0. The molecule has 0 bridgehead atoms.